The fourth-order valence-electron chi connectivity index (χ4n) is 5.34. The Morgan fingerprint density at radius 1 is 1.21 bits per heavy atom. The van der Waals surface area contributed by atoms with E-state index in [1.165, 1.54) is 12.1 Å². The molecule has 1 aromatic rings. The van der Waals surface area contributed by atoms with E-state index in [4.69, 9.17) is 14.2 Å². The Balaban J connectivity index is 1.56. The van der Waals surface area contributed by atoms with Gasteiger partial charge in [0.05, 0.1) is 36.8 Å². The van der Waals surface area contributed by atoms with Gasteiger partial charge >= 0.3 is 0 Å². The maximum atomic E-state index is 14.0. The third kappa shape index (κ3) is 4.34. The first-order valence-electron chi connectivity index (χ1n) is 11.6. The van der Waals surface area contributed by atoms with Crippen LogP contribution in [-0.4, -0.2) is 83.0 Å². The van der Waals surface area contributed by atoms with E-state index >= 15 is 0 Å². The second-order valence-electron chi connectivity index (χ2n) is 9.33. The normalized spacial score (nSPS) is 41.9. The number of hydrogen-bond donors (Lipinski definition) is 5. The number of carbonyl (C=O) groups excluding carboxylic acids is 1. The van der Waals surface area contributed by atoms with Crippen LogP contribution >= 0.6 is 0 Å². The number of hydrogen-bond acceptors (Lipinski definition) is 8. The van der Waals surface area contributed by atoms with E-state index in [2.05, 4.69) is 10.6 Å². The first-order chi connectivity index (χ1) is 16.1. The van der Waals surface area contributed by atoms with Gasteiger partial charge in [0.1, 0.15) is 12.2 Å². The second kappa shape index (κ2) is 9.73. The third-order valence-electron chi connectivity index (χ3n) is 7.15. The molecule has 0 radical (unpaired) electrons. The first kappa shape index (κ1) is 25.4. The van der Waals surface area contributed by atoms with Crippen LogP contribution in [0, 0.1) is 17.6 Å². The molecule has 2 heterocycles. The van der Waals surface area contributed by atoms with Gasteiger partial charge in [-0.3, -0.25) is 4.79 Å². The van der Waals surface area contributed by atoms with Gasteiger partial charge in [0.2, 0.25) is 18.0 Å². The molecule has 2 saturated heterocycles. The Morgan fingerprint density at radius 2 is 1.94 bits per heavy atom. The molecule has 0 aromatic heterocycles. The van der Waals surface area contributed by atoms with Gasteiger partial charge in [-0.15, -0.1) is 0 Å². The molecule has 3 fully saturated rings. The van der Waals surface area contributed by atoms with Crippen molar-refractivity contribution in [1.82, 2.24) is 10.6 Å². The minimum absolute atomic E-state index is 0.124. The molecule has 11 heteroatoms. The van der Waals surface area contributed by atoms with Crippen molar-refractivity contribution in [2.45, 2.75) is 87.8 Å². The first-order valence-corrected chi connectivity index (χ1v) is 11.6. The van der Waals surface area contributed by atoms with Crippen LogP contribution in [0.25, 0.3) is 0 Å². The molecule has 9 nitrogen and oxygen atoms in total. The van der Waals surface area contributed by atoms with Crippen molar-refractivity contribution in [3.05, 3.63) is 35.4 Å². The van der Waals surface area contributed by atoms with Gasteiger partial charge in [0, 0.05) is 11.5 Å². The highest BCUT2D eigenvalue weighted by molar-refractivity contribution is 5.79. The summed E-state index contributed by atoms with van der Waals surface area (Å²) in [6.45, 7) is 3.57. The fraction of sp³-hybridized carbons (Fsp3) is 0.696. The van der Waals surface area contributed by atoms with Crippen molar-refractivity contribution in [2.75, 3.05) is 7.05 Å². The maximum Gasteiger partial charge on any atom is 0.239 e. The Hall–Kier alpha value is -1.73. The minimum atomic E-state index is -2.14. The molecule has 0 bridgehead atoms. The Kier molecular flexibility index (Phi) is 7.26. The molecule has 10 atom stereocenters. The van der Waals surface area contributed by atoms with Crippen LogP contribution < -0.4 is 10.6 Å². The number of amides is 1. The van der Waals surface area contributed by atoms with E-state index in [9.17, 15) is 28.9 Å². The summed E-state index contributed by atoms with van der Waals surface area (Å²) in [5, 5.41) is 38.8. The summed E-state index contributed by atoms with van der Waals surface area (Å²) in [6.07, 6.45) is -5.45. The Labute approximate surface area is 196 Å². The largest absolute Gasteiger partial charge is 0.391 e. The van der Waals surface area contributed by atoms with Crippen molar-refractivity contribution in [2.24, 2.45) is 5.92 Å². The van der Waals surface area contributed by atoms with Crippen molar-refractivity contribution in [3.63, 3.8) is 0 Å². The zero-order valence-electron chi connectivity index (χ0n) is 19.3. The van der Waals surface area contributed by atoms with Crippen LogP contribution in [0.15, 0.2) is 18.2 Å². The lowest BCUT2D eigenvalue weighted by Crippen LogP contribution is -2.77. The zero-order chi connectivity index (χ0) is 24.8. The topological polar surface area (TPSA) is 130 Å². The molecule has 1 aliphatic carbocycles. The van der Waals surface area contributed by atoms with Gasteiger partial charge in [-0.1, -0.05) is 19.1 Å². The number of benzene rings is 1. The summed E-state index contributed by atoms with van der Waals surface area (Å²) in [7, 11) is 1.63. The predicted octanol–water partition coefficient (Wildman–Crippen LogP) is -0.0508. The molecule has 3 unspecified atom stereocenters. The van der Waals surface area contributed by atoms with Crippen LogP contribution in [0.5, 0.6) is 0 Å². The molecule has 5 N–H and O–H groups in total. The van der Waals surface area contributed by atoms with E-state index in [0.717, 1.165) is 6.07 Å². The Bertz CT molecular complexity index is 908. The molecule has 4 rings (SSSR count). The van der Waals surface area contributed by atoms with Crippen molar-refractivity contribution < 1.29 is 43.1 Å². The van der Waals surface area contributed by atoms with Crippen LogP contribution in [0.1, 0.15) is 32.3 Å². The van der Waals surface area contributed by atoms with Gasteiger partial charge < -0.3 is 40.2 Å². The SMILES string of the molecule is CC[C@@H]1[C@H](O)[C@H](NC)C2O[C@]3(O)C(OC2[C@@H]1O)O[C@H](C)C[C@H]3NC(=O)Cc1cccc(F)c1F. The summed E-state index contributed by atoms with van der Waals surface area (Å²) in [5.41, 5.74) is -0.124. The summed E-state index contributed by atoms with van der Waals surface area (Å²) < 4.78 is 45.4. The number of aliphatic hydroxyl groups excluding tert-OH is 2. The standard InChI is InChI=1S/C23H32F2N2O7/c1-4-12-18(29)17(26-3)20-21(19(12)30)33-22-23(31,34-20)14(8-10(2)32-22)27-15(28)9-11-6-5-7-13(24)16(11)25/h5-7,10,12,14,17-22,26,29-31H,4,8-9H2,1-3H3,(H,27,28)/t10-,12-,14-,17+,18+,19-,20?,21?,22?,23+/m1/s1. The van der Waals surface area contributed by atoms with Crippen molar-refractivity contribution >= 4 is 5.91 Å². The molecule has 1 saturated carbocycles. The lowest BCUT2D eigenvalue weighted by atomic mass is 9.74. The molecule has 190 valence electrons. The predicted molar refractivity (Wildman–Crippen MR) is 114 cm³/mol. The molecule has 2 aliphatic heterocycles. The van der Waals surface area contributed by atoms with E-state index in [1.807, 2.05) is 6.92 Å². The third-order valence-corrected chi connectivity index (χ3v) is 7.15. The van der Waals surface area contributed by atoms with Gasteiger partial charge in [0.25, 0.3) is 0 Å². The molecule has 1 aromatic carbocycles. The average Bonchev–Trinajstić information content (AvgIpc) is 2.78. The maximum absolute atomic E-state index is 14.0. The number of likely N-dealkylation sites (N-methyl/N-ethyl adjacent to an activating group) is 1. The number of halogens is 2. The molecule has 1 amide bonds. The number of fused-ring (bicyclic) bond motifs is 2. The minimum Gasteiger partial charge on any atom is -0.391 e. The smallest absolute Gasteiger partial charge is 0.239 e. The van der Waals surface area contributed by atoms with Gasteiger partial charge in [0.15, 0.2) is 11.6 Å². The lowest BCUT2D eigenvalue weighted by molar-refractivity contribution is -0.450. The Morgan fingerprint density at radius 3 is 2.62 bits per heavy atom. The van der Waals surface area contributed by atoms with Crippen LogP contribution in [0.2, 0.25) is 0 Å². The fourth-order valence-corrected chi connectivity index (χ4v) is 5.34. The quantitative estimate of drug-likeness (QED) is 0.392. The zero-order valence-corrected chi connectivity index (χ0v) is 19.3. The summed E-state index contributed by atoms with van der Waals surface area (Å²) in [4.78, 5) is 12.7. The number of nitrogens with one attached hydrogen (secondary N) is 2. The van der Waals surface area contributed by atoms with Crippen LogP contribution in [-0.2, 0) is 25.4 Å². The van der Waals surface area contributed by atoms with E-state index in [-0.39, 0.29) is 12.0 Å². The number of rotatable bonds is 5. The van der Waals surface area contributed by atoms with Gasteiger partial charge in [-0.05, 0) is 32.9 Å². The number of carbonyl (C=O) groups is 1. The van der Waals surface area contributed by atoms with Gasteiger partial charge in [-0.2, -0.15) is 0 Å². The second-order valence-corrected chi connectivity index (χ2v) is 9.33. The highest BCUT2D eigenvalue weighted by Crippen LogP contribution is 2.43. The van der Waals surface area contributed by atoms with Crippen LogP contribution in [0.4, 0.5) is 8.78 Å². The highest BCUT2D eigenvalue weighted by atomic mass is 19.2. The molecule has 3 aliphatic rings. The number of ether oxygens (including phenoxy) is 3. The van der Waals surface area contributed by atoms with E-state index in [1.54, 1.807) is 14.0 Å². The van der Waals surface area contributed by atoms with Gasteiger partial charge in [-0.25, -0.2) is 8.78 Å². The van der Waals surface area contributed by atoms with E-state index < -0.39 is 84.6 Å². The highest BCUT2D eigenvalue weighted by Gasteiger charge is 2.63. The van der Waals surface area contributed by atoms with Crippen molar-refractivity contribution in [3.8, 4) is 0 Å². The molecule has 0 spiro atoms. The molecular weight excluding hydrogens is 454 g/mol. The lowest BCUT2D eigenvalue weighted by Gasteiger charge is -2.58. The van der Waals surface area contributed by atoms with Crippen molar-refractivity contribution in [1.29, 1.82) is 0 Å². The molecular formula is C23H32F2N2O7. The summed E-state index contributed by atoms with van der Waals surface area (Å²) in [5.74, 6) is -5.44. The molecule has 34 heavy (non-hydrogen) atoms. The number of aliphatic hydroxyl groups is 3. The summed E-state index contributed by atoms with van der Waals surface area (Å²) in [6, 6.07) is 1.89. The van der Waals surface area contributed by atoms with Crippen LogP contribution in [0.3, 0.4) is 0 Å². The monoisotopic (exact) mass is 486 g/mol. The average molecular weight is 487 g/mol. The van der Waals surface area contributed by atoms with E-state index in [0.29, 0.717) is 6.42 Å². The summed E-state index contributed by atoms with van der Waals surface area (Å²) >= 11 is 0.